The minimum atomic E-state index is -4.87. The zero-order valence-electron chi connectivity index (χ0n) is 10.7. The predicted molar refractivity (Wildman–Crippen MR) is 61.5 cm³/mol. The smallest absolute Gasteiger partial charge is 0.405 e. The summed E-state index contributed by atoms with van der Waals surface area (Å²) in [4.78, 5) is 0. The molecule has 0 saturated carbocycles. The van der Waals surface area contributed by atoms with Gasteiger partial charge in [0.2, 0.25) is 0 Å². The third kappa shape index (κ3) is 7.19. The standard InChI is InChI=1S/C12H13F6NO2/c13-11(14,15)7-20-6-5-9(19)8-3-1-2-4-10(8)21-12(16,17)18/h1-4,9H,5-7,19H2. The van der Waals surface area contributed by atoms with E-state index in [4.69, 9.17) is 5.73 Å². The summed E-state index contributed by atoms with van der Waals surface area (Å²) in [7, 11) is 0. The van der Waals surface area contributed by atoms with Crippen LogP contribution in [-0.2, 0) is 4.74 Å². The van der Waals surface area contributed by atoms with Crippen LogP contribution in [0.5, 0.6) is 5.75 Å². The van der Waals surface area contributed by atoms with E-state index in [1.165, 1.54) is 18.2 Å². The van der Waals surface area contributed by atoms with Crippen molar-refractivity contribution in [3.05, 3.63) is 29.8 Å². The average Bonchev–Trinajstić information content (AvgIpc) is 2.32. The van der Waals surface area contributed by atoms with Crippen LogP contribution < -0.4 is 10.5 Å². The van der Waals surface area contributed by atoms with Gasteiger partial charge >= 0.3 is 12.5 Å². The van der Waals surface area contributed by atoms with Crippen molar-refractivity contribution in [2.75, 3.05) is 13.2 Å². The van der Waals surface area contributed by atoms with E-state index in [0.717, 1.165) is 6.07 Å². The number of rotatable bonds is 6. The van der Waals surface area contributed by atoms with Crippen molar-refractivity contribution in [2.45, 2.75) is 25.0 Å². The topological polar surface area (TPSA) is 44.5 Å². The Labute approximate surface area is 116 Å². The molecule has 3 nitrogen and oxygen atoms in total. The second-order valence-corrected chi connectivity index (χ2v) is 4.15. The van der Waals surface area contributed by atoms with Gasteiger partial charge in [0.1, 0.15) is 12.4 Å². The molecule has 21 heavy (non-hydrogen) atoms. The Morgan fingerprint density at radius 1 is 1.05 bits per heavy atom. The molecule has 0 amide bonds. The first-order chi connectivity index (χ1) is 9.58. The molecule has 0 aliphatic carbocycles. The van der Waals surface area contributed by atoms with Gasteiger partial charge in [-0.3, -0.25) is 0 Å². The third-order valence-electron chi connectivity index (χ3n) is 2.38. The van der Waals surface area contributed by atoms with Crippen molar-refractivity contribution < 1.29 is 35.8 Å². The Balaban J connectivity index is 2.59. The van der Waals surface area contributed by atoms with Crippen LogP contribution in [0.2, 0.25) is 0 Å². The number of benzene rings is 1. The number of hydrogen-bond acceptors (Lipinski definition) is 3. The molecule has 0 aliphatic rings. The zero-order chi connectivity index (χ0) is 16.1. The maximum Gasteiger partial charge on any atom is 0.573 e. The zero-order valence-corrected chi connectivity index (χ0v) is 10.7. The van der Waals surface area contributed by atoms with Crippen molar-refractivity contribution in [3.8, 4) is 5.75 Å². The summed E-state index contributed by atoms with van der Waals surface area (Å²) in [5.41, 5.74) is 5.70. The first-order valence-corrected chi connectivity index (χ1v) is 5.83. The van der Waals surface area contributed by atoms with Gasteiger partial charge in [0.25, 0.3) is 0 Å². The third-order valence-corrected chi connectivity index (χ3v) is 2.38. The van der Waals surface area contributed by atoms with E-state index < -0.39 is 30.9 Å². The fraction of sp³-hybridized carbons (Fsp3) is 0.500. The summed E-state index contributed by atoms with van der Waals surface area (Å²) in [5, 5.41) is 0. The number of para-hydroxylation sites is 1. The van der Waals surface area contributed by atoms with Crippen LogP contribution in [0.25, 0.3) is 0 Å². The van der Waals surface area contributed by atoms with Crippen molar-refractivity contribution in [1.29, 1.82) is 0 Å². The monoisotopic (exact) mass is 317 g/mol. The Kier molecular flexibility index (Phi) is 5.85. The molecule has 0 saturated heterocycles. The molecule has 0 bridgehead atoms. The van der Waals surface area contributed by atoms with Crippen LogP contribution in [-0.4, -0.2) is 25.8 Å². The van der Waals surface area contributed by atoms with Gasteiger partial charge in [-0.05, 0) is 12.5 Å². The van der Waals surface area contributed by atoms with Crippen molar-refractivity contribution in [1.82, 2.24) is 0 Å². The summed E-state index contributed by atoms with van der Waals surface area (Å²) in [6, 6.07) is 4.25. The predicted octanol–water partition coefficient (Wildman–Crippen LogP) is 3.55. The van der Waals surface area contributed by atoms with E-state index in [1.807, 2.05) is 0 Å². The summed E-state index contributed by atoms with van der Waals surface area (Å²) < 4.78 is 80.4. The molecule has 9 heteroatoms. The van der Waals surface area contributed by atoms with Gasteiger partial charge < -0.3 is 15.2 Å². The fourth-order valence-corrected chi connectivity index (χ4v) is 1.56. The maximum atomic E-state index is 12.2. The van der Waals surface area contributed by atoms with Crippen LogP contribution in [0.4, 0.5) is 26.3 Å². The number of ether oxygens (including phenoxy) is 2. The van der Waals surface area contributed by atoms with Gasteiger partial charge in [0.15, 0.2) is 0 Å². The van der Waals surface area contributed by atoms with E-state index in [9.17, 15) is 26.3 Å². The lowest BCUT2D eigenvalue weighted by Crippen LogP contribution is -2.22. The van der Waals surface area contributed by atoms with Gasteiger partial charge in [0.05, 0.1) is 0 Å². The van der Waals surface area contributed by atoms with Crippen LogP contribution in [0.3, 0.4) is 0 Å². The van der Waals surface area contributed by atoms with E-state index in [0.29, 0.717) is 0 Å². The summed E-state index contributed by atoms with van der Waals surface area (Å²) in [5.74, 6) is -0.478. The molecular formula is C12H13F6NO2. The molecule has 0 spiro atoms. The Hall–Kier alpha value is -1.48. The Bertz CT molecular complexity index is 446. The largest absolute Gasteiger partial charge is 0.573 e. The number of alkyl halides is 6. The van der Waals surface area contributed by atoms with E-state index >= 15 is 0 Å². The molecular weight excluding hydrogens is 304 g/mol. The fourth-order valence-electron chi connectivity index (χ4n) is 1.56. The van der Waals surface area contributed by atoms with E-state index in [1.54, 1.807) is 0 Å². The second-order valence-electron chi connectivity index (χ2n) is 4.15. The molecule has 0 aromatic heterocycles. The van der Waals surface area contributed by atoms with Crippen molar-refractivity contribution >= 4 is 0 Å². The second kappa shape index (κ2) is 6.99. The molecule has 1 unspecified atom stereocenters. The van der Waals surface area contributed by atoms with Crippen molar-refractivity contribution in [3.63, 3.8) is 0 Å². The number of nitrogens with two attached hydrogens (primary N) is 1. The molecule has 1 aromatic rings. The van der Waals surface area contributed by atoms with E-state index in [2.05, 4.69) is 9.47 Å². The highest BCUT2D eigenvalue weighted by atomic mass is 19.4. The molecule has 0 fully saturated rings. The minimum absolute atomic E-state index is 0.0467. The van der Waals surface area contributed by atoms with Gasteiger partial charge in [-0.1, -0.05) is 18.2 Å². The number of halogens is 6. The van der Waals surface area contributed by atoms with Gasteiger partial charge in [-0.25, -0.2) is 0 Å². The van der Waals surface area contributed by atoms with Crippen LogP contribution >= 0.6 is 0 Å². The first kappa shape index (κ1) is 17.6. The summed E-state index contributed by atoms with van der Waals surface area (Å²) in [6.07, 6.45) is -9.40. The lowest BCUT2D eigenvalue weighted by Gasteiger charge is -2.18. The molecule has 0 radical (unpaired) electrons. The minimum Gasteiger partial charge on any atom is -0.405 e. The normalized spacial score (nSPS) is 14.0. The average molecular weight is 317 g/mol. The Morgan fingerprint density at radius 2 is 1.67 bits per heavy atom. The highest BCUT2D eigenvalue weighted by molar-refractivity contribution is 5.35. The first-order valence-electron chi connectivity index (χ1n) is 5.83. The maximum absolute atomic E-state index is 12.2. The number of hydrogen-bond donors (Lipinski definition) is 1. The summed E-state index contributed by atoms with van der Waals surface area (Å²) in [6.45, 7) is -1.76. The molecule has 1 atom stereocenters. The highest BCUT2D eigenvalue weighted by Gasteiger charge is 2.32. The van der Waals surface area contributed by atoms with Gasteiger partial charge in [-0.15, -0.1) is 13.2 Å². The van der Waals surface area contributed by atoms with Gasteiger partial charge in [0, 0.05) is 18.2 Å². The molecule has 0 heterocycles. The van der Waals surface area contributed by atoms with Crippen LogP contribution in [0.15, 0.2) is 24.3 Å². The molecule has 1 aromatic carbocycles. The molecule has 2 N–H and O–H groups in total. The van der Waals surface area contributed by atoms with Crippen LogP contribution in [0, 0.1) is 0 Å². The summed E-state index contributed by atoms with van der Waals surface area (Å²) >= 11 is 0. The molecule has 0 aliphatic heterocycles. The van der Waals surface area contributed by atoms with Gasteiger partial charge in [-0.2, -0.15) is 13.2 Å². The quantitative estimate of drug-likeness (QED) is 0.644. The Morgan fingerprint density at radius 3 is 2.24 bits per heavy atom. The van der Waals surface area contributed by atoms with Crippen molar-refractivity contribution in [2.24, 2.45) is 5.73 Å². The van der Waals surface area contributed by atoms with E-state index in [-0.39, 0.29) is 18.6 Å². The van der Waals surface area contributed by atoms with Crippen LogP contribution in [0.1, 0.15) is 18.0 Å². The lowest BCUT2D eigenvalue weighted by molar-refractivity contribution is -0.275. The molecule has 1 rings (SSSR count). The molecule has 120 valence electrons. The highest BCUT2D eigenvalue weighted by Crippen LogP contribution is 2.30. The lowest BCUT2D eigenvalue weighted by atomic mass is 10.0. The SMILES string of the molecule is NC(CCOCC(F)(F)F)c1ccccc1OC(F)(F)F.